The number of fused-ring (bicyclic) bond motifs is 2. The lowest BCUT2D eigenvalue weighted by Gasteiger charge is -2.34. The van der Waals surface area contributed by atoms with E-state index in [9.17, 15) is 19.2 Å². The predicted molar refractivity (Wildman–Crippen MR) is 192 cm³/mol. The Labute approximate surface area is 295 Å². The fraction of sp³-hybridized carbons (Fsp3) is 0.405. The SMILES string of the molecule is N=C(N)c1ccc2oc(C(=O)N3CCN(C(=O)CCCCCCCC(=O)N4CCN(C(=O)c5cc6cc(C(=N)N)ccc6o5)CC4)CC3)cc2c1. The first kappa shape index (κ1) is 35.2. The normalized spacial score (nSPS) is 15.1. The van der Waals surface area contributed by atoms with Crippen molar-refractivity contribution in [3.05, 3.63) is 71.2 Å². The number of carbonyl (C=O) groups is 4. The maximum atomic E-state index is 13.0. The zero-order chi connectivity index (χ0) is 36.1. The number of unbranched alkanes of at least 4 members (excludes halogenated alkanes) is 4. The van der Waals surface area contributed by atoms with Gasteiger partial charge in [-0.25, -0.2) is 0 Å². The molecule has 0 unspecified atom stereocenters. The molecule has 0 saturated carbocycles. The molecule has 2 saturated heterocycles. The summed E-state index contributed by atoms with van der Waals surface area (Å²) in [4.78, 5) is 58.7. The summed E-state index contributed by atoms with van der Waals surface area (Å²) in [6, 6.07) is 13.6. The molecule has 4 aromatic rings. The summed E-state index contributed by atoms with van der Waals surface area (Å²) in [5.74, 6) is 0.115. The molecule has 14 heteroatoms. The second-order valence-electron chi connectivity index (χ2n) is 13.2. The molecule has 2 aliphatic heterocycles. The number of nitrogen functional groups attached to an aromatic ring is 2. The van der Waals surface area contributed by atoms with Crippen LogP contribution in [0.25, 0.3) is 21.9 Å². The van der Waals surface area contributed by atoms with Crippen LogP contribution in [0.3, 0.4) is 0 Å². The number of hydrogen-bond acceptors (Lipinski definition) is 8. The summed E-state index contributed by atoms with van der Waals surface area (Å²) < 4.78 is 11.5. The maximum absolute atomic E-state index is 13.0. The lowest BCUT2D eigenvalue weighted by Crippen LogP contribution is -2.50. The number of carbonyl (C=O) groups excluding carboxylic acids is 4. The Hall–Kier alpha value is -5.66. The van der Waals surface area contributed by atoms with E-state index >= 15 is 0 Å². The first-order valence-corrected chi connectivity index (χ1v) is 17.5. The number of nitrogens with one attached hydrogen (secondary N) is 2. The molecule has 0 aliphatic carbocycles. The van der Waals surface area contributed by atoms with Crippen molar-refractivity contribution in [1.82, 2.24) is 19.6 Å². The van der Waals surface area contributed by atoms with Gasteiger partial charge in [0.2, 0.25) is 11.8 Å². The number of amides is 4. The minimum Gasteiger partial charge on any atom is -0.451 e. The van der Waals surface area contributed by atoms with Crippen molar-refractivity contribution in [2.45, 2.75) is 44.9 Å². The van der Waals surface area contributed by atoms with Gasteiger partial charge in [0.05, 0.1) is 0 Å². The largest absolute Gasteiger partial charge is 0.451 e. The van der Waals surface area contributed by atoms with Crippen molar-refractivity contribution in [3.63, 3.8) is 0 Å². The van der Waals surface area contributed by atoms with Gasteiger partial charge >= 0.3 is 0 Å². The number of nitrogens with zero attached hydrogens (tertiary/aromatic N) is 4. The maximum Gasteiger partial charge on any atom is 0.289 e. The molecule has 268 valence electrons. The molecule has 0 radical (unpaired) electrons. The highest BCUT2D eigenvalue weighted by molar-refractivity contribution is 6.02. The molecule has 2 aromatic carbocycles. The molecule has 14 nitrogen and oxygen atoms in total. The van der Waals surface area contributed by atoms with E-state index in [0.717, 1.165) is 32.1 Å². The van der Waals surface area contributed by atoms with E-state index in [1.165, 1.54) is 0 Å². The van der Waals surface area contributed by atoms with Crippen molar-refractivity contribution < 1.29 is 28.0 Å². The van der Waals surface area contributed by atoms with Crippen LogP contribution in [0.4, 0.5) is 0 Å². The first-order valence-electron chi connectivity index (χ1n) is 17.5. The highest BCUT2D eigenvalue weighted by Gasteiger charge is 2.28. The highest BCUT2D eigenvalue weighted by Crippen LogP contribution is 2.24. The number of rotatable bonds is 12. The van der Waals surface area contributed by atoms with E-state index in [1.807, 2.05) is 9.80 Å². The number of nitrogens with two attached hydrogens (primary N) is 2. The van der Waals surface area contributed by atoms with Gasteiger partial charge in [-0.15, -0.1) is 0 Å². The number of hydrogen-bond donors (Lipinski definition) is 4. The molecule has 0 bridgehead atoms. The average molecular weight is 697 g/mol. The van der Waals surface area contributed by atoms with Crippen LogP contribution in [0.5, 0.6) is 0 Å². The van der Waals surface area contributed by atoms with Gasteiger partial charge in [-0.3, -0.25) is 30.0 Å². The van der Waals surface area contributed by atoms with Crippen LogP contribution in [-0.2, 0) is 9.59 Å². The molecule has 2 aromatic heterocycles. The van der Waals surface area contributed by atoms with Gasteiger partial charge < -0.3 is 39.9 Å². The van der Waals surface area contributed by atoms with Gasteiger partial charge in [0, 0.05) is 87.1 Å². The molecular weight excluding hydrogens is 652 g/mol. The topological polar surface area (TPSA) is 207 Å². The zero-order valence-corrected chi connectivity index (χ0v) is 28.6. The quantitative estimate of drug-likeness (QED) is 0.0972. The van der Waals surface area contributed by atoms with Gasteiger partial charge in [-0.05, 0) is 61.4 Å². The molecule has 4 heterocycles. The zero-order valence-electron chi connectivity index (χ0n) is 28.6. The Kier molecular flexibility index (Phi) is 10.7. The lowest BCUT2D eigenvalue weighted by molar-refractivity contribution is -0.133. The van der Waals surface area contributed by atoms with Crippen molar-refractivity contribution in [1.29, 1.82) is 10.8 Å². The summed E-state index contributed by atoms with van der Waals surface area (Å²) in [5, 5.41) is 16.6. The van der Waals surface area contributed by atoms with Crippen LogP contribution < -0.4 is 11.5 Å². The molecule has 2 aliphatic rings. The third-order valence-corrected chi connectivity index (χ3v) is 9.70. The number of piperazine rings is 2. The summed E-state index contributed by atoms with van der Waals surface area (Å²) >= 11 is 0. The van der Waals surface area contributed by atoms with Gasteiger partial charge in [0.25, 0.3) is 11.8 Å². The Morgan fingerprint density at radius 3 is 1.25 bits per heavy atom. The highest BCUT2D eigenvalue weighted by atomic mass is 16.4. The van der Waals surface area contributed by atoms with Crippen LogP contribution in [0.15, 0.2) is 57.4 Å². The summed E-state index contributed by atoms with van der Waals surface area (Å²) in [6.07, 6.45) is 5.26. The molecule has 51 heavy (non-hydrogen) atoms. The lowest BCUT2D eigenvalue weighted by atomic mass is 10.1. The van der Waals surface area contributed by atoms with Gasteiger partial charge in [0.15, 0.2) is 11.5 Å². The molecule has 6 rings (SSSR count). The standard InChI is InChI=1S/C37H44N8O6/c38-34(39)24-8-10-28-26(20-24)22-30(50-28)36(48)44-16-12-42(13-17-44)32(46)6-4-2-1-3-5-7-33(47)43-14-18-45(19-15-43)37(49)31-23-27-21-25(35(40)41)9-11-29(27)51-31/h8-11,20-23H,1-7,12-19H2,(H3,38,39)(H3,40,41). The smallest absolute Gasteiger partial charge is 0.289 e. The Morgan fingerprint density at radius 1 is 0.529 bits per heavy atom. The molecule has 2 fully saturated rings. The van der Waals surface area contributed by atoms with E-state index in [4.69, 9.17) is 31.1 Å². The Balaban J connectivity index is 0.828. The first-order chi connectivity index (χ1) is 24.6. The summed E-state index contributed by atoms with van der Waals surface area (Å²) in [5.41, 5.74) is 13.4. The van der Waals surface area contributed by atoms with E-state index in [-0.39, 0.29) is 46.8 Å². The minimum absolute atomic E-state index is 0.0495. The second-order valence-corrected chi connectivity index (χ2v) is 13.2. The summed E-state index contributed by atoms with van der Waals surface area (Å²) in [7, 11) is 0. The molecule has 0 atom stereocenters. The third kappa shape index (κ3) is 8.22. The van der Waals surface area contributed by atoms with Crippen molar-refractivity contribution in [3.8, 4) is 0 Å². The average Bonchev–Trinajstić information content (AvgIpc) is 3.78. The van der Waals surface area contributed by atoms with Gasteiger partial charge in [0.1, 0.15) is 22.8 Å². The van der Waals surface area contributed by atoms with Crippen molar-refractivity contribution in [2.24, 2.45) is 11.5 Å². The Bertz CT molecular complexity index is 1830. The minimum atomic E-state index is -0.218. The van der Waals surface area contributed by atoms with E-state index in [2.05, 4.69) is 0 Å². The van der Waals surface area contributed by atoms with E-state index < -0.39 is 0 Å². The third-order valence-electron chi connectivity index (χ3n) is 9.70. The van der Waals surface area contributed by atoms with E-state index in [1.54, 1.807) is 58.3 Å². The monoisotopic (exact) mass is 696 g/mol. The number of amidine groups is 2. The van der Waals surface area contributed by atoms with Gasteiger partial charge in [-0.1, -0.05) is 19.3 Å². The van der Waals surface area contributed by atoms with Crippen LogP contribution in [-0.4, -0.2) is 107 Å². The van der Waals surface area contributed by atoms with Crippen LogP contribution in [0, 0.1) is 10.8 Å². The van der Waals surface area contributed by atoms with Crippen LogP contribution in [0.1, 0.15) is 77.2 Å². The Morgan fingerprint density at radius 2 is 0.882 bits per heavy atom. The van der Waals surface area contributed by atoms with E-state index in [0.29, 0.717) is 98.3 Å². The van der Waals surface area contributed by atoms with Crippen molar-refractivity contribution >= 4 is 57.2 Å². The molecule has 0 spiro atoms. The summed E-state index contributed by atoms with van der Waals surface area (Å²) in [6.45, 7) is 3.66. The number of benzene rings is 2. The fourth-order valence-electron chi connectivity index (χ4n) is 6.66. The van der Waals surface area contributed by atoms with Crippen molar-refractivity contribution in [2.75, 3.05) is 52.4 Å². The molecule has 4 amide bonds. The number of furan rings is 2. The molecule has 6 N–H and O–H groups in total. The van der Waals surface area contributed by atoms with Crippen LogP contribution >= 0.6 is 0 Å². The predicted octanol–water partition coefficient (Wildman–Crippen LogP) is 3.75. The fourth-order valence-corrected chi connectivity index (χ4v) is 6.66. The molecular formula is C37H44N8O6. The van der Waals surface area contributed by atoms with Gasteiger partial charge in [-0.2, -0.15) is 0 Å². The second kappa shape index (κ2) is 15.5. The van der Waals surface area contributed by atoms with Crippen LogP contribution in [0.2, 0.25) is 0 Å².